The van der Waals surface area contributed by atoms with Gasteiger partial charge >= 0.3 is 6.09 Å². The number of hydrogen-bond acceptors (Lipinski definition) is 4. The van der Waals surface area contributed by atoms with Gasteiger partial charge in [-0.3, -0.25) is 0 Å². The first-order valence-electron chi connectivity index (χ1n) is 5.78. The molecule has 0 aliphatic carbocycles. The smallest absolute Gasteiger partial charge is 0.407 e. The zero-order valence-electron chi connectivity index (χ0n) is 11.2. The molecule has 0 radical (unpaired) electrons. The minimum atomic E-state index is -0.477. The van der Waals surface area contributed by atoms with Crippen LogP contribution in [-0.4, -0.2) is 18.7 Å². The van der Waals surface area contributed by atoms with E-state index in [0.717, 1.165) is 16.1 Å². The molecule has 1 aromatic carbocycles. The summed E-state index contributed by atoms with van der Waals surface area (Å²) in [5, 5.41) is 5.73. The van der Waals surface area contributed by atoms with Gasteiger partial charge in [-0.15, -0.1) is 12.6 Å². The first kappa shape index (κ1) is 14.7. The molecule has 5 heteroatoms. The van der Waals surface area contributed by atoms with Gasteiger partial charge < -0.3 is 15.4 Å². The second-order valence-corrected chi connectivity index (χ2v) is 5.44. The molecule has 1 amide bonds. The Bertz CT molecular complexity index is 427. The van der Waals surface area contributed by atoms with Crippen molar-refractivity contribution in [3.05, 3.63) is 23.8 Å². The molecular formula is C13H20N2O2S. The van der Waals surface area contributed by atoms with Gasteiger partial charge in [0.25, 0.3) is 0 Å². The van der Waals surface area contributed by atoms with Crippen molar-refractivity contribution < 1.29 is 9.53 Å². The maximum absolute atomic E-state index is 11.5. The average molecular weight is 268 g/mol. The monoisotopic (exact) mass is 268 g/mol. The Hall–Kier alpha value is -1.36. The number of hydrogen-bond donors (Lipinski definition) is 3. The second kappa shape index (κ2) is 6.00. The van der Waals surface area contributed by atoms with Gasteiger partial charge in [0.15, 0.2) is 0 Å². The van der Waals surface area contributed by atoms with E-state index in [-0.39, 0.29) is 0 Å². The number of amides is 1. The molecule has 1 rings (SSSR count). The quantitative estimate of drug-likeness (QED) is 0.739. The molecule has 4 nitrogen and oxygen atoms in total. The van der Waals surface area contributed by atoms with E-state index in [1.165, 1.54) is 0 Å². The third-order valence-electron chi connectivity index (χ3n) is 2.17. The fourth-order valence-corrected chi connectivity index (χ4v) is 1.74. The minimum absolute atomic E-state index is 0.416. The third-order valence-corrected chi connectivity index (χ3v) is 2.54. The van der Waals surface area contributed by atoms with Crippen LogP contribution in [0.3, 0.4) is 0 Å². The third kappa shape index (κ3) is 4.87. The van der Waals surface area contributed by atoms with Crippen molar-refractivity contribution in [3.8, 4) is 0 Å². The number of ether oxygens (including phenoxy) is 1. The summed E-state index contributed by atoms with van der Waals surface area (Å²) in [7, 11) is 1.84. The zero-order valence-corrected chi connectivity index (χ0v) is 12.1. The van der Waals surface area contributed by atoms with Crippen molar-refractivity contribution in [2.75, 3.05) is 12.4 Å². The van der Waals surface area contributed by atoms with Gasteiger partial charge in [-0.05, 0) is 38.5 Å². The lowest BCUT2D eigenvalue weighted by Crippen LogP contribution is -2.32. The van der Waals surface area contributed by atoms with Crippen LogP contribution >= 0.6 is 12.6 Å². The van der Waals surface area contributed by atoms with Crippen molar-refractivity contribution >= 4 is 24.4 Å². The van der Waals surface area contributed by atoms with E-state index >= 15 is 0 Å². The van der Waals surface area contributed by atoms with Gasteiger partial charge in [0, 0.05) is 24.2 Å². The SMILES string of the molecule is CNc1ccc(CNC(=O)OC(C)(C)C)cc1S. The van der Waals surface area contributed by atoms with Gasteiger partial charge in [0.2, 0.25) is 0 Å². The van der Waals surface area contributed by atoms with Gasteiger partial charge in [-0.2, -0.15) is 0 Å². The van der Waals surface area contributed by atoms with E-state index in [1.807, 2.05) is 46.0 Å². The van der Waals surface area contributed by atoms with Gasteiger partial charge in [0.1, 0.15) is 5.60 Å². The molecule has 0 fully saturated rings. The maximum atomic E-state index is 11.5. The number of thiol groups is 1. The molecule has 0 atom stereocenters. The van der Waals surface area contributed by atoms with Crippen LogP contribution in [0.25, 0.3) is 0 Å². The van der Waals surface area contributed by atoms with E-state index in [2.05, 4.69) is 23.3 Å². The fraction of sp³-hybridized carbons (Fsp3) is 0.462. The average Bonchev–Trinajstić information content (AvgIpc) is 2.24. The molecule has 0 unspecified atom stereocenters. The van der Waals surface area contributed by atoms with E-state index < -0.39 is 11.7 Å². The fourth-order valence-electron chi connectivity index (χ4n) is 1.39. The molecule has 0 heterocycles. The highest BCUT2D eigenvalue weighted by Crippen LogP contribution is 2.20. The summed E-state index contributed by atoms with van der Waals surface area (Å²) < 4.78 is 5.15. The highest BCUT2D eigenvalue weighted by atomic mass is 32.1. The molecular weight excluding hydrogens is 248 g/mol. The summed E-state index contributed by atoms with van der Waals surface area (Å²) in [5.74, 6) is 0. The van der Waals surface area contributed by atoms with Crippen LogP contribution in [0, 0.1) is 0 Å². The molecule has 0 saturated heterocycles. The summed E-state index contributed by atoms with van der Waals surface area (Å²) in [4.78, 5) is 12.3. The van der Waals surface area contributed by atoms with Crippen LogP contribution in [0.4, 0.5) is 10.5 Å². The Morgan fingerprint density at radius 2 is 2.06 bits per heavy atom. The van der Waals surface area contributed by atoms with E-state index in [4.69, 9.17) is 4.74 Å². The Kier molecular flexibility index (Phi) is 4.90. The summed E-state index contributed by atoms with van der Waals surface area (Å²) >= 11 is 4.35. The summed E-state index contributed by atoms with van der Waals surface area (Å²) in [5.41, 5.74) is 1.46. The van der Waals surface area contributed by atoms with Crippen LogP contribution < -0.4 is 10.6 Å². The normalized spacial score (nSPS) is 10.9. The summed E-state index contributed by atoms with van der Waals surface area (Å²) in [6.07, 6.45) is -0.416. The lowest BCUT2D eigenvalue weighted by Gasteiger charge is -2.19. The Balaban J connectivity index is 2.54. The van der Waals surface area contributed by atoms with Crippen molar-refractivity contribution in [3.63, 3.8) is 0 Å². The van der Waals surface area contributed by atoms with E-state index in [9.17, 15) is 4.79 Å². The molecule has 0 bridgehead atoms. The number of nitrogens with one attached hydrogen (secondary N) is 2. The Labute approximate surface area is 114 Å². The second-order valence-electron chi connectivity index (χ2n) is 4.96. The molecule has 0 aromatic heterocycles. The number of alkyl carbamates (subject to hydrolysis) is 1. The van der Waals surface area contributed by atoms with Gasteiger partial charge in [-0.25, -0.2) is 4.79 Å². The topological polar surface area (TPSA) is 50.4 Å². The molecule has 0 aliphatic heterocycles. The molecule has 0 aliphatic rings. The largest absolute Gasteiger partial charge is 0.444 e. The van der Waals surface area contributed by atoms with Crippen LogP contribution in [0.5, 0.6) is 0 Å². The molecule has 0 spiro atoms. The molecule has 100 valence electrons. The van der Waals surface area contributed by atoms with E-state index in [1.54, 1.807) is 0 Å². The Morgan fingerprint density at radius 3 is 2.56 bits per heavy atom. The zero-order chi connectivity index (χ0) is 13.8. The van der Waals surface area contributed by atoms with Crippen LogP contribution in [0.1, 0.15) is 26.3 Å². The van der Waals surface area contributed by atoms with Gasteiger partial charge in [0.05, 0.1) is 0 Å². The van der Waals surface area contributed by atoms with Crippen LogP contribution in [0.2, 0.25) is 0 Å². The highest BCUT2D eigenvalue weighted by molar-refractivity contribution is 7.80. The number of rotatable bonds is 3. The van der Waals surface area contributed by atoms with Crippen molar-refractivity contribution in [1.29, 1.82) is 0 Å². The lowest BCUT2D eigenvalue weighted by molar-refractivity contribution is 0.0523. The van der Waals surface area contributed by atoms with Crippen LogP contribution in [0.15, 0.2) is 23.1 Å². The van der Waals surface area contributed by atoms with E-state index in [0.29, 0.717) is 6.54 Å². The highest BCUT2D eigenvalue weighted by Gasteiger charge is 2.15. The lowest BCUT2D eigenvalue weighted by atomic mass is 10.2. The first-order valence-corrected chi connectivity index (χ1v) is 6.23. The number of carbonyl (C=O) groups is 1. The van der Waals surface area contributed by atoms with Crippen molar-refractivity contribution in [2.24, 2.45) is 0 Å². The number of anilines is 1. The number of benzene rings is 1. The maximum Gasteiger partial charge on any atom is 0.407 e. The Morgan fingerprint density at radius 1 is 1.39 bits per heavy atom. The van der Waals surface area contributed by atoms with Crippen molar-refractivity contribution in [1.82, 2.24) is 5.32 Å². The van der Waals surface area contributed by atoms with Crippen LogP contribution in [-0.2, 0) is 11.3 Å². The van der Waals surface area contributed by atoms with Gasteiger partial charge in [-0.1, -0.05) is 6.07 Å². The molecule has 0 saturated carbocycles. The summed E-state index contributed by atoms with van der Waals surface area (Å²) in [6.45, 7) is 5.92. The predicted molar refractivity (Wildman–Crippen MR) is 76.3 cm³/mol. The van der Waals surface area contributed by atoms with Crippen molar-refractivity contribution in [2.45, 2.75) is 37.8 Å². The standard InChI is InChI=1S/C13H20N2O2S/c1-13(2,3)17-12(16)15-8-9-5-6-10(14-4)11(18)7-9/h5-7,14,18H,8H2,1-4H3,(H,15,16). The first-order chi connectivity index (χ1) is 8.31. The molecule has 2 N–H and O–H groups in total. The minimum Gasteiger partial charge on any atom is -0.444 e. The summed E-state index contributed by atoms with van der Waals surface area (Å²) in [6, 6.07) is 5.77. The number of carbonyl (C=O) groups excluding carboxylic acids is 1. The molecule has 1 aromatic rings. The molecule has 18 heavy (non-hydrogen) atoms. The predicted octanol–water partition coefficient (Wildman–Crippen LogP) is 3.04.